The highest BCUT2D eigenvalue weighted by molar-refractivity contribution is 5.92. The van der Waals surface area contributed by atoms with Gasteiger partial charge in [-0.25, -0.2) is 4.79 Å². The van der Waals surface area contributed by atoms with Gasteiger partial charge in [0.15, 0.2) is 0 Å². The van der Waals surface area contributed by atoms with E-state index in [2.05, 4.69) is 4.90 Å². The molecule has 2 rings (SSSR count). The van der Waals surface area contributed by atoms with Gasteiger partial charge in [-0.2, -0.15) is 0 Å². The lowest BCUT2D eigenvalue weighted by atomic mass is 9.95. The Balaban J connectivity index is 2.07. The molecule has 2 aromatic rings. The normalized spacial score (nSPS) is 12.4. The number of ether oxygens (including phenoxy) is 2. The summed E-state index contributed by atoms with van der Waals surface area (Å²) in [5, 5.41) is 1.06. The molecule has 6 nitrogen and oxygen atoms in total. The first-order chi connectivity index (χ1) is 13.4. The zero-order valence-electron chi connectivity index (χ0n) is 18.7. The maximum Gasteiger partial charge on any atom is 0.418 e. The van der Waals surface area contributed by atoms with Gasteiger partial charge in [0, 0.05) is 23.5 Å². The minimum Gasteiger partial charge on any atom is -0.465 e. The fourth-order valence-corrected chi connectivity index (χ4v) is 2.79. The zero-order valence-corrected chi connectivity index (χ0v) is 18.7. The molecule has 0 aliphatic rings. The van der Waals surface area contributed by atoms with E-state index in [1.807, 2.05) is 79.2 Å². The first-order valence-corrected chi connectivity index (χ1v) is 9.99. The third-order valence-electron chi connectivity index (χ3n) is 4.61. The average molecular weight is 403 g/mol. The van der Waals surface area contributed by atoms with E-state index < -0.39 is 16.9 Å². The van der Waals surface area contributed by atoms with E-state index in [9.17, 15) is 9.59 Å². The van der Waals surface area contributed by atoms with E-state index in [0.29, 0.717) is 0 Å². The summed E-state index contributed by atoms with van der Waals surface area (Å²) in [6, 6.07) is 7.84. The van der Waals surface area contributed by atoms with E-state index >= 15 is 0 Å². The van der Waals surface area contributed by atoms with Crippen molar-refractivity contribution >= 4 is 23.0 Å². The second-order valence-corrected chi connectivity index (χ2v) is 9.64. The summed E-state index contributed by atoms with van der Waals surface area (Å²) in [4.78, 5) is 26.9. The summed E-state index contributed by atoms with van der Waals surface area (Å²) in [7, 11) is 4.06. The number of hydrogen-bond acceptors (Lipinski definition) is 5. The van der Waals surface area contributed by atoms with Crippen LogP contribution in [0, 0.1) is 10.8 Å². The van der Waals surface area contributed by atoms with Gasteiger partial charge in [-0.15, -0.1) is 0 Å². The molecule has 0 radical (unpaired) electrons. The maximum absolute atomic E-state index is 12.8. The minimum absolute atomic E-state index is 0.156. The van der Waals surface area contributed by atoms with Crippen molar-refractivity contribution in [3.05, 3.63) is 36.0 Å². The molecule has 1 heterocycles. The Morgan fingerprint density at radius 1 is 1.00 bits per heavy atom. The van der Waals surface area contributed by atoms with Crippen molar-refractivity contribution in [1.82, 2.24) is 9.47 Å². The van der Waals surface area contributed by atoms with Crippen LogP contribution in [0.2, 0.25) is 0 Å². The number of fused-ring (bicyclic) bond motifs is 1. The van der Waals surface area contributed by atoms with Gasteiger partial charge in [-0.05, 0) is 52.9 Å². The van der Waals surface area contributed by atoms with E-state index in [4.69, 9.17) is 9.47 Å². The van der Waals surface area contributed by atoms with E-state index in [1.165, 1.54) is 0 Å². The second kappa shape index (κ2) is 8.99. The van der Waals surface area contributed by atoms with Gasteiger partial charge in [0.25, 0.3) is 0 Å². The van der Waals surface area contributed by atoms with E-state index in [-0.39, 0.29) is 19.2 Å². The molecule has 1 aromatic carbocycles. The molecular weight excluding hydrogens is 368 g/mol. The average Bonchev–Trinajstić information content (AvgIpc) is 3.01. The Bertz CT molecular complexity index is 859. The molecule has 0 aliphatic heterocycles. The molecule has 0 N–H and O–H groups in total. The molecular formula is C23H34N2O4. The van der Waals surface area contributed by atoms with Crippen molar-refractivity contribution in [2.24, 2.45) is 10.8 Å². The van der Waals surface area contributed by atoms with Gasteiger partial charge >= 0.3 is 12.1 Å². The molecule has 0 amide bonds. The molecule has 1 aromatic heterocycles. The predicted octanol–water partition coefficient (Wildman–Crippen LogP) is 4.35. The van der Waals surface area contributed by atoms with Gasteiger partial charge in [-0.1, -0.05) is 32.0 Å². The molecule has 0 aliphatic carbocycles. The van der Waals surface area contributed by atoms with Crippen molar-refractivity contribution in [2.45, 2.75) is 41.0 Å². The number of carbonyl (C=O) groups is 2. The number of carbonyl (C=O) groups excluding carboxylic acids is 2. The standard InChI is InChI=1S/C23H34N2O4/c1-22(2,3)20(26)28-15-23(4,5)16-29-21(27)25-14-17(12-13-24(6)7)18-10-8-9-11-19(18)25/h8-11,14H,12-13,15-16H2,1-7H3. The smallest absolute Gasteiger partial charge is 0.418 e. The second-order valence-electron chi connectivity index (χ2n) is 9.64. The fraction of sp³-hybridized carbons (Fsp3) is 0.565. The number of esters is 1. The quantitative estimate of drug-likeness (QED) is 0.645. The van der Waals surface area contributed by atoms with Gasteiger partial charge in [0.1, 0.15) is 6.61 Å². The van der Waals surface area contributed by atoms with Crippen LogP contribution in [0.1, 0.15) is 40.2 Å². The molecule has 0 saturated heterocycles. The van der Waals surface area contributed by atoms with Gasteiger partial charge in [-0.3, -0.25) is 9.36 Å². The molecule has 0 spiro atoms. The van der Waals surface area contributed by atoms with Crippen LogP contribution in [0.15, 0.2) is 30.5 Å². The van der Waals surface area contributed by atoms with Crippen LogP contribution in [0.25, 0.3) is 10.9 Å². The van der Waals surface area contributed by atoms with E-state index in [1.54, 1.807) is 4.57 Å². The number of nitrogens with zero attached hydrogens (tertiary/aromatic N) is 2. The molecule has 0 unspecified atom stereocenters. The largest absolute Gasteiger partial charge is 0.465 e. The van der Waals surface area contributed by atoms with Crippen molar-refractivity contribution in [2.75, 3.05) is 33.9 Å². The Hall–Kier alpha value is -2.34. The lowest BCUT2D eigenvalue weighted by molar-refractivity contribution is -0.156. The van der Waals surface area contributed by atoms with Gasteiger partial charge in [0.2, 0.25) is 0 Å². The third-order valence-corrected chi connectivity index (χ3v) is 4.61. The Morgan fingerprint density at radius 3 is 2.24 bits per heavy atom. The van der Waals surface area contributed by atoms with Crippen LogP contribution in [-0.2, 0) is 20.7 Å². The Morgan fingerprint density at radius 2 is 1.62 bits per heavy atom. The highest BCUT2D eigenvalue weighted by atomic mass is 16.6. The zero-order chi connectivity index (χ0) is 21.8. The van der Waals surface area contributed by atoms with Crippen molar-refractivity contribution in [3.63, 3.8) is 0 Å². The SMILES string of the molecule is CN(C)CCc1cn(C(=O)OCC(C)(C)COC(=O)C(C)(C)C)c2ccccc12. The lowest BCUT2D eigenvalue weighted by Gasteiger charge is -2.26. The van der Waals surface area contributed by atoms with Crippen LogP contribution >= 0.6 is 0 Å². The number of rotatable bonds is 7. The minimum atomic E-state index is -0.556. The van der Waals surface area contributed by atoms with Crippen molar-refractivity contribution < 1.29 is 19.1 Å². The van der Waals surface area contributed by atoms with Crippen LogP contribution in [0.4, 0.5) is 4.79 Å². The van der Waals surface area contributed by atoms with Crippen LogP contribution in [0.5, 0.6) is 0 Å². The van der Waals surface area contributed by atoms with E-state index in [0.717, 1.165) is 29.4 Å². The summed E-state index contributed by atoms with van der Waals surface area (Å²) in [6.45, 7) is 10.5. The summed E-state index contributed by atoms with van der Waals surface area (Å²) in [5.74, 6) is -0.265. The fourth-order valence-electron chi connectivity index (χ4n) is 2.79. The van der Waals surface area contributed by atoms with Crippen LogP contribution < -0.4 is 0 Å². The number of benzene rings is 1. The number of para-hydroxylation sites is 1. The van der Waals surface area contributed by atoms with Gasteiger partial charge in [0.05, 0.1) is 17.5 Å². The summed E-state index contributed by atoms with van der Waals surface area (Å²) >= 11 is 0. The van der Waals surface area contributed by atoms with Crippen LogP contribution in [0.3, 0.4) is 0 Å². The van der Waals surface area contributed by atoms with Gasteiger partial charge < -0.3 is 14.4 Å². The molecule has 0 bridgehead atoms. The van der Waals surface area contributed by atoms with Crippen molar-refractivity contribution in [1.29, 1.82) is 0 Å². The maximum atomic E-state index is 12.8. The Kier molecular flexibility index (Phi) is 7.11. The summed E-state index contributed by atoms with van der Waals surface area (Å²) in [6.07, 6.45) is 2.29. The molecule has 160 valence electrons. The molecule has 6 heteroatoms. The van der Waals surface area contributed by atoms with Crippen molar-refractivity contribution in [3.8, 4) is 0 Å². The predicted molar refractivity (Wildman–Crippen MR) is 115 cm³/mol. The molecule has 29 heavy (non-hydrogen) atoms. The third kappa shape index (κ3) is 6.32. The summed E-state index contributed by atoms with van der Waals surface area (Å²) in [5.41, 5.74) is 0.917. The number of hydrogen-bond donors (Lipinski definition) is 0. The van der Waals surface area contributed by atoms with Crippen LogP contribution in [-0.4, -0.2) is 55.4 Å². The topological polar surface area (TPSA) is 60.8 Å². The number of aromatic nitrogens is 1. The molecule has 0 saturated carbocycles. The lowest BCUT2D eigenvalue weighted by Crippen LogP contribution is -2.32. The monoisotopic (exact) mass is 402 g/mol. The number of likely N-dealkylation sites (N-methyl/N-ethyl adjacent to an activating group) is 1. The highest BCUT2D eigenvalue weighted by Gasteiger charge is 2.28. The highest BCUT2D eigenvalue weighted by Crippen LogP contribution is 2.24. The Labute approximate surface area is 173 Å². The summed E-state index contributed by atoms with van der Waals surface area (Å²) < 4.78 is 12.5. The molecule has 0 fully saturated rings. The first kappa shape index (κ1) is 22.9. The molecule has 0 atom stereocenters. The first-order valence-electron chi connectivity index (χ1n) is 9.99.